The van der Waals surface area contributed by atoms with Crippen molar-refractivity contribution in [2.24, 2.45) is 0 Å². The first-order chi connectivity index (χ1) is 15.4. The van der Waals surface area contributed by atoms with Crippen molar-refractivity contribution >= 4 is 11.7 Å². The molecule has 0 unspecified atom stereocenters. The largest absolute Gasteiger partial charge is 0.503 e. The number of aryl methyl sites for hydroxylation is 1. The Hall–Kier alpha value is -3.06. The summed E-state index contributed by atoms with van der Waals surface area (Å²) in [7, 11) is 0. The molecule has 0 bridgehead atoms. The zero-order valence-corrected chi connectivity index (χ0v) is 19.3. The van der Waals surface area contributed by atoms with E-state index >= 15 is 0 Å². The summed E-state index contributed by atoms with van der Waals surface area (Å²) in [6.45, 7) is 11.9. The van der Waals surface area contributed by atoms with E-state index in [1.807, 2.05) is 31.2 Å². The van der Waals surface area contributed by atoms with Gasteiger partial charge in [-0.1, -0.05) is 12.1 Å². The van der Waals surface area contributed by atoms with E-state index in [9.17, 15) is 14.7 Å². The summed E-state index contributed by atoms with van der Waals surface area (Å²) < 4.78 is 11.0. The van der Waals surface area contributed by atoms with Crippen LogP contribution in [-0.4, -0.2) is 54.5 Å². The van der Waals surface area contributed by atoms with Gasteiger partial charge in [-0.3, -0.25) is 9.59 Å². The molecule has 3 rings (SSSR count). The van der Waals surface area contributed by atoms with Gasteiger partial charge >= 0.3 is 0 Å². The Morgan fingerprint density at radius 1 is 1.12 bits per heavy atom. The van der Waals surface area contributed by atoms with Crippen LogP contribution in [0.15, 0.2) is 52.1 Å². The van der Waals surface area contributed by atoms with Crippen LogP contribution in [0.3, 0.4) is 0 Å². The van der Waals surface area contributed by atoms with Crippen LogP contribution in [0.1, 0.15) is 55.1 Å². The van der Waals surface area contributed by atoms with Crippen molar-refractivity contribution in [2.45, 2.75) is 40.2 Å². The number of rotatable bonds is 11. The molecule has 0 spiro atoms. The van der Waals surface area contributed by atoms with E-state index in [1.54, 1.807) is 24.0 Å². The van der Waals surface area contributed by atoms with Crippen LogP contribution in [0.5, 0.6) is 5.75 Å². The third kappa shape index (κ3) is 4.88. The fraction of sp³-hybridized carbons (Fsp3) is 0.440. The Labute approximate surface area is 189 Å². The molecule has 32 heavy (non-hydrogen) atoms. The van der Waals surface area contributed by atoms with Gasteiger partial charge in [0.25, 0.3) is 5.91 Å². The summed E-state index contributed by atoms with van der Waals surface area (Å²) in [6, 6.07) is 9.90. The van der Waals surface area contributed by atoms with Gasteiger partial charge in [-0.05, 0) is 57.5 Å². The Balaban J connectivity index is 1.94. The van der Waals surface area contributed by atoms with E-state index in [2.05, 4.69) is 13.8 Å². The minimum Gasteiger partial charge on any atom is -0.503 e. The number of nitrogens with zero attached hydrogens (tertiary/aromatic N) is 1. The average Bonchev–Trinajstić information content (AvgIpc) is 3.33. The fourth-order valence-corrected chi connectivity index (χ4v) is 4.17. The van der Waals surface area contributed by atoms with E-state index in [0.29, 0.717) is 24.7 Å². The molecule has 1 amide bonds. The van der Waals surface area contributed by atoms with Crippen molar-refractivity contribution in [3.8, 4) is 5.75 Å². The molecule has 0 aliphatic carbocycles. The highest BCUT2D eigenvalue weighted by Gasteiger charge is 2.44. The summed E-state index contributed by atoms with van der Waals surface area (Å²) in [5, 5.41) is 10.7. The van der Waals surface area contributed by atoms with Crippen LogP contribution >= 0.6 is 0 Å². The number of carbonyl (C=O) groups excluding carboxylic acids is 2. The zero-order chi connectivity index (χ0) is 23.3. The molecular formula is C25H33N2O5+. The molecule has 1 aromatic carbocycles. The Morgan fingerprint density at radius 3 is 2.38 bits per heavy atom. The highest BCUT2D eigenvalue weighted by Crippen LogP contribution is 2.39. The first-order valence-electron chi connectivity index (χ1n) is 11.3. The van der Waals surface area contributed by atoms with Crippen LogP contribution < -0.4 is 9.64 Å². The topological polar surface area (TPSA) is 84.4 Å². The summed E-state index contributed by atoms with van der Waals surface area (Å²) in [4.78, 5) is 29.3. The van der Waals surface area contributed by atoms with Crippen LogP contribution in [0.4, 0.5) is 0 Å². The molecule has 2 N–H and O–H groups in total. The van der Waals surface area contributed by atoms with E-state index < -0.39 is 23.5 Å². The van der Waals surface area contributed by atoms with Crippen LogP contribution in [-0.2, 0) is 4.79 Å². The second-order valence-electron chi connectivity index (χ2n) is 7.97. The quantitative estimate of drug-likeness (QED) is 0.524. The lowest BCUT2D eigenvalue weighted by atomic mass is 9.95. The van der Waals surface area contributed by atoms with Gasteiger partial charge in [0.2, 0.25) is 5.78 Å². The molecule has 1 atom stereocenters. The minimum absolute atomic E-state index is 0.0590. The van der Waals surface area contributed by atoms with E-state index in [4.69, 9.17) is 9.15 Å². The monoisotopic (exact) mass is 441 g/mol. The molecule has 0 radical (unpaired) electrons. The highest BCUT2D eigenvalue weighted by molar-refractivity contribution is 6.15. The van der Waals surface area contributed by atoms with Gasteiger partial charge in [0, 0.05) is 13.0 Å². The molecule has 2 heterocycles. The highest BCUT2D eigenvalue weighted by atomic mass is 16.5. The van der Waals surface area contributed by atoms with Crippen molar-refractivity contribution in [1.29, 1.82) is 0 Å². The molecular weight excluding hydrogens is 408 g/mol. The third-order valence-corrected chi connectivity index (χ3v) is 5.95. The second-order valence-corrected chi connectivity index (χ2v) is 7.97. The van der Waals surface area contributed by atoms with Crippen molar-refractivity contribution in [3.63, 3.8) is 0 Å². The summed E-state index contributed by atoms with van der Waals surface area (Å²) in [5.74, 6) is -0.0838. The molecule has 0 fully saturated rings. The lowest BCUT2D eigenvalue weighted by Gasteiger charge is -2.27. The Bertz CT molecular complexity index is 972. The predicted molar refractivity (Wildman–Crippen MR) is 121 cm³/mol. The number of ketones is 1. The summed E-state index contributed by atoms with van der Waals surface area (Å²) in [6.07, 6.45) is 0.769. The first kappa shape index (κ1) is 23.6. The minimum atomic E-state index is -0.678. The number of amides is 1. The molecule has 7 heteroatoms. The normalized spacial score (nSPS) is 16.3. The third-order valence-electron chi connectivity index (χ3n) is 5.95. The zero-order valence-electron chi connectivity index (χ0n) is 19.3. The molecule has 0 saturated heterocycles. The average molecular weight is 442 g/mol. The first-order valence-corrected chi connectivity index (χ1v) is 11.3. The van der Waals surface area contributed by atoms with Gasteiger partial charge in [-0.2, -0.15) is 0 Å². The number of quaternary nitrogens is 1. The second kappa shape index (κ2) is 10.5. The molecule has 1 aliphatic heterocycles. The summed E-state index contributed by atoms with van der Waals surface area (Å²) in [5.41, 5.74) is 0.802. The van der Waals surface area contributed by atoms with Gasteiger partial charge in [0.05, 0.1) is 37.9 Å². The molecule has 7 nitrogen and oxygen atoms in total. The SMILES string of the molecule is CCOc1ccc([C@@H]2C(C(=O)c3ccc(C)o3)=C(O)C(=O)N2CCC[NH+](CC)CC)cc1. The maximum atomic E-state index is 13.3. The number of benzene rings is 1. The number of furan rings is 1. The Morgan fingerprint density at radius 2 is 1.81 bits per heavy atom. The van der Waals surface area contributed by atoms with Crippen LogP contribution in [0.2, 0.25) is 0 Å². The molecule has 2 aromatic rings. The molecule has 172 valence electrons. The Kier molecular flexibility index (Phi) is 7.75. The molecule has 0 saturated carbocycles. The number of nitrogens with one attached hydrogen (secondary N) is 1. The number of hydrogen-bond acceptors (Lipinski definition) is 5. The number of Topliss-reactive ketones (excluding diaryl/α,β-unsaturated/α-hetero) is 1. The predicted octanol–water partition coefficient (Wildman–Crippen LogP) is 2.88. The fourth-order valence-electron chi connectivity index (χ4n) is 4.17. The molecule has 1 aromatic heterocycles. The van der Waals surface area contributed by atoms with Gasteiger partial charge in [-0.15, -0.1) is 0 Å². The van der Waals surface area contributed by atoms with Crippen molar-refractivity contribution < 1.29 is 28.7 Å². The number of aliphatic hydroxyl groups is 1. The van der Waals surface area contributed by atoms with Crippen LogP contribution in [0, 0.1) is 6.92 Å². The molecule has 1 aliphatic rings. The van der Waals surface area contributed by atoms with Gasteiger partial charge < -0.3 is 24.1 Å². The lowest BCUT2D eigenvalue weighted by molar-refractivity contribution is -0.896. The van der Waals surface area contributed by atoms with E-state index in [1.165, 1.54) is 4.90 Å². The van der Waals surface area contributed by atoms with Gasteiger partial charge in [-0.25, -0.2) is 0 Å². The van der Waals surface area contributed by atoms with E-state index in [-0.39, 0.29) is 11.3 Å². The van der Waals surface area contributed by atoms with E-state index in [0.717, 1.165) is 31.6 Å². The lowest BCUT2D eigenvalue weighted by Crippen LogP contribution is -3.11. The van der Waals surface area contributed by atoms with Crippen LogP contribution in [0.25, 0.3) is 0 Å². The number of aliphatic hydroxyl groups excluding tert-OH is 1. The number of ether oxygens (including phenoxy) is 1. The van der Waals surface area contributed by atoms with Crippen molar-refractivity contribution in [3.05, 3.63) is 64.8 Å². The summed E-state index contributed by atoms with van der Waals surface area (Å²) >= 11 is 0. The van der Waals surface area contributed by atoms with Crippen molar-refractivity contribution in [1.82, 2.24) is 4.90 Å². The van der Waals surface area contributed by atoms with Gasteiger partial charge in [0.1, 0.15) is 11.5 Å². The maximum absolute atomic E-state index is 13.3. The smallest absolute Gasteiger partial charge is 0.290 e. The number of carbonyl (C=O) groups is 2. The number of hydrogen-bond donors (Lipinski definition) is 2. The van der Waals surface area contributed by atoms with Gasteiger partial charge in [0.15, 0.2) is 11.5 Å². The van der Waals surface area contributed by atoms with Crippen molar-refractivity contribution in [2.75, 3.05) is 32.8 Å². The standard InChI is InChI=1S/C25H32N2O5/c1-5-26(6-2)15-8-16-27-22(18-10-12-19(13-11-18)31-7-3)21(24(29)25(27)30)23(28)20-14-9-17(4)32-20/h9-14,22,29H,5-8,15-16H2,1-4H3/p+1/t22-/m1/s1. The maximum Gasteiger partial charge on any atom is 0.290 e.